The number of hydrogen-bond donors (Lipinski definition) is 0. The van der Waals surface area contributed by atoms with Crippen LogP contribution in [0.25, 0.3) is 0 Å². The lowest BCUT2D eigenvalue weighted by Crippen LogP contribution is -2.19. The van der Waals surface area contributed by atoms with E-state index in [1.165, 1.54) is 11.1 Å². The largest absolute Gasteiger partial charge is 0.0991 e. The maximum atomic E-state index is 3.78. The van der Waals surface area contributed by atoms with E-state index in [0.717, 1.165) is 0 Å². The highest BCUT2D eigenvalue weighted by molar-refractivity contribution is 5.41. The molecule has 126 valence electrons. The van der Waals surface area contributed by atoms with Crippen molar-refractivity contribution in [2.24, 2.45) is 0 Å². The Morgan fingerprint density at radius 2 is 1.36 bits per heavy atom. The van der Waals surface area contributed by atoms with Gasteiger partial charge < -0.3 is 0 Å². The summed E-state index contributed by atoms with van der Waals surface area (Å²) in [5.41, 5.74) is 2.61. The first-order valence-electron chi connectivity index (χ1n) is 8.64. The van der Waals surface area contributed by atoms with Crippen molar-refractivity contribution in [3.05, 3.63) is 72.4 Å². The standard InChI is InChI=1S/C16H20.3C2H6/c1-5-10-14(11-6-2)16(3,4)15-12-8-7-9-13-15;3*1-2/h5-13H,1H2,2-4H3;3*1-2H3/b11-6-,14-10+;;;. The molecule has 0 spiro atoms. The molecule has 0 aliphatic carbocycles. The fourth-order valence-electron chi connectivity index (χ4n) is 1.80. The van der Waals surface area contributed by atoms with E-state index in [-0.39, 0.29) is 5.41 Å². The Balaban J connectivity index is -0.000000535. The van der Waals surface area contributed by atoms with Crippen molar-refractivity contribution in [2.45, 2.75) is 67.7 Å². The molecule has 0 N–H and O–H groups in total. The van der Waals surface area contributed by atoms with Gasteiger partial charge in [0, 0.05) is 5.41 Å². The van der Waals surface area contributed by atoms with Crippen molar-refractivity contribution in [1.29, 1.82) is 0 Å². The Bertz CT molecular complexity index is 391. The van der Waals surface area contributed by atoms with Gasteiger partial charge in [-0.15, -0.1) is 0 Å². The molecule has 0 heteroatoms. The predicted octanol–water partition coefficient (Wildman–Crippen LogP) is 7.73. The predicted molar refractivity (Wildman–Crippen MR) is 107 cm³/mol. The molecule has 0 fully saturated rings. The van der Waals surface area contributed by atoms with Gasteiger partial charge in [-0.3, -0.25) is 0 Å². The van der Waals surface area contributed by atoms with E-state index in [4.69, 9.17) is 0 Å². The van der Waals surface area contributed by atoms with Crippen LogP contribution < -0.4 is 0 Å². The number of rotatable bonds is 4. The van der Waals surface area contributed by atoms with Crippen LogP contribution in [-0.2, 0) is 5.41 Å². The highest BCUT2D eigenvalue weighted by Crippen LogP contribution is 2.32. The van der Waals surface area contributed by atoms with E-state index in [0.29, 0.717) is 0 Å². The summed E-state index contributed by atoms with van der Waals surface area (Å²) in [6.45, 7) is 22.3. The van der Waals surface area contributed by atoms with Crippen LogP contribution in [0.5, 0.6) is 0 Å². The van der Waals surface area contributed by atoms with Gasteiger partial charge in [-0.2, -0.15) is 0 Å². The fourth-order valence-corrected chi connectivity index (χ4v) is 1.80. The second kappa shape index (κ2) is 17.5. The van der Waals surface area contributed by atoms with E-state index in [1.54, 1.807) is 0 Å². The van der Waals surface area contributed by atoms with E-state index in [1.807, 2.05) is 60.6 Å². The van der Waals surface area contributed by atoms with E-state index < -0.39 is 0 Å². The van der Waals surface area contributed by atoms with Crippen molar-refractivity contribution in [2.75, 3.05) is 0 Å². The lowest BCUT2D eigenvalue weighted by molar-refractivity contribution is 0.639. The third-order valence-electron chi connectivity index (χ3n) is 2.86. The van der Waals surface area contributed by atoms with Gasteiger partial charge in [0.15, 0.2) is 0 Å². The number of allylic oxidation sites excluding steroid dienone is 5. The van der Waals surface area contributed by atoms with Crippen LogP contribution in [0.2, 0.25) is 0 Å². The molecule has 0 aromatic heterocycles. The SMILES string of the molecule is C=C/C=C(\C=C/C)C(C)(C)c1ccccc1.CC.CC.CC. The monoisotopic (exact) mass is 302 g/mol. The van der Waals surface area contributed by atoms with Gasteiger partial charge in [-0.25, -0.2) is 0 Å². The fraction of sp³-hybridized carbons (Fsp3) is 0.455. The minimum atomic E-state index is 0.0158. The Hall–Kier alpha value is -1.56. The summed E-state index contributed by atoms with van der Waals surface area (Å²) in [6.07, 6.45) is 8.14. The van der Waals surface area contributed by atoms with Crippen LogP contribution in [-0.4, -0.2) is 0 Å². The molecule has 0 aliphatic rings. The molecule has 0 amide bonds. The molecule has 0 atom stereocenters. The third-order valence-corrected chi connectivity index (χ3v) is 2.86. The molecular weight excluding hydrogens is 264 g/mol. The molecule has 0 aliphatic heterocycles. The quantitative estimate of drug-likeness (QED) is 0.499. The summed E-state index contributed by atoms with van der Waals surface area (Å²) in [4.78, 5) is 0. The molecule has 22 heavy (non-hydrogen) atoms. The van der Waals surface area contributed by atoms with Crippen LogP contribution in [0.15, 0.2) is 66.8 Å². The van der Waals surface area contributed by atoms with E-state index in [9.17, 15) is 0 Å². The maximum absolute atomic E-state index is 3.78. The van der Waals surface area contributed by atoms with Gasteiger partial charge in [0.25, 0.3) is 0 Å². The first-order valence-corrected chi connectivity index (χ1v) is 8.64. The van der Waals surface area contributed by atoms with Crippen LogP contribution in [0.3, 0.4) is 0 Å². The Morgan fingerprint density at radius 3 is 1.73 bits per heavy atom. The van der Waals surface area contributed by atoms with Crippen molar-refractivity contribution in [3.63, 3.8) is 0 Å². The van der Waals surface area contributed by atoms with Crippen LogP contribution in [0, 0.1) is 0 Å². The Kier molecular flexibility index (Phi) is 20.2. The molecule has 1 aromatic carbocycles. The van der Waals surface area contributed by atoms with Crippen molar-refractivity contribution in [1.82, 2.24) is 0 Å². The zero-order valence-corrected chi connectivity index (χ0v) is 16.4. The molecular formula is C22H38. The summed E-state index contributed by atoms with van der Waals surface area (Å²) < 4.78 is 0. The van der Waals surface area contributed by atoms with Crippen molar-refractivity contribution in [3.8, 4) is 0 Å². The lowest BCUT2D eigenvalue weighted by atomic mass is 9.77. The van der Waals surface area contributed by atoms with Gasteiger partial charge in [0.2, 0.25) is 0 Å². The van der Waals surface area contributed by atoms with Gasteiger partial charge in [-0.1, -0.05) is 117 Å². The van der Waals surface area contributed by atoms with E-state index in [2.05, 4.69) is 62.9 Å². The topological polar surface area (TPSA) is 0 Å². The average Bonchev–Trinajstić information content (AvgIpc) is 2.61. The maximum Gasteiger partial charge on any atom is 0.0146 e. The van der Waals surface area contributed by atoms with Crippen molar-refractivity contribution < 1.29 is 0 Å². The zero-order chi connectivity index (χ0) is 18.0. The summed E-state index contributed by atoms with van der Waals surface area (Å²) in [7, 11) is 0. The first-order chi connectivity index (χ1) is 10.6. The van der Waals surface area contributed by atoms with Gasteiger partial charge >= 0.3 is 0 Å². The highest BCUT2D eigenvalue weighted by Gasteiger charge is 2.22. The molecule has 0 radical (unpaired) electrons. The molecule has 0 bridgehead atoms. The van der Waals surface area contributed by atoms with Gasteiger partial charge in [0.1, 0.15) is 0 Å². The summed E-state index contributed by atoms with van der Waals surface area (Å²) in [5.74, 6) is 0. The number of benzene rings is 1. The van der Waals surface area contributed by atoms with Gasteiger partial charge in [-0.05, 0) is 18.1 Å². The molecule has 1 rings (SSSR count). The van der Waals surface area contributed by atoms with E-state index >= 15 is 0 Å². The molecule has 1 aromatic rings. The summed E-state index contributed by atoms with van der Waals surface area (Å²) >= 11 is 0. The summed E-state index contributed by atoms with van der Waals surface area (Å²) in [6, 6.07) is 10.5. The smallest absolute Gasteiger partial charge is 0.0146 e. The minimum Gasteiger partial charge on any atom is -0.0991 e. The molecule has 0 unspecified atom stereocenters. The van der Waals surface area contributed by atoms with Crippen LogP contribution in [0.1, 0.15) is 67.9 Å². The molecule has 0 heterocycles. The minimum absolute atomic E-state index is 0.0158. The average molecular weight is 303 g/mol. The second-order valence-corrected chi connectivity index (χ2v) is 4.35. The molecule has 0 saturated carbocycles. The highest BCUT2D eigenvalue weighted by atomic mass is 14.3. The first kappa shape index (κ1) is 25.4. The summed E-state index contributed by atoms with van der Waals surface area (Å²) in [5, 5.41) is 0. The molecule has 0 saturated heterocycles. The van der Waals surface area contributed by atoms with Crippen LogP contribution >= 0.6 is 0 Å². The normalized spacial score (nSPS) is 10.3. The molecule has 0 nitrogen and oxygen atoms in total. The zero-order valence-electron chi connectivity index (χ0n) is 16.4. The van der Waals surface area contributed by atoms with Crippen molar-refractivity contribution >= 4 is 0 Å². The third kappa shape index (κ3) is 9.39. The van der Waals surface area contributed by atoms with Gasteiger partial charge in [0.05, 0.1) is 0 Å². The Morgan fingerprint density at radius 1 is 0.909 bits per heavy atom. The lowest BCUT2D eigenvalue weighted by Gasteiger charge is -2.27. The van der Waals surface area contributed by atoms with Crippen LogP contribution in [0.4, 0.5) is 0 Å². The number of hydrogen-bond acceptors (Lipinski definition) is 0. The second-order valence-electron chi connectivity index (χ2n) is 4.35. The Labute approximate surface area is 140 Å².